The van der Waals surface area contributed by atoms with Crippen molar-refractivity contribution in [2.75, 3.05) is 13.1 Å². The predicted octanol–water partition coefficient (Wildman–Crippen LogP) is 3.92. The third kappa shape index (κ3) is 3.83. The van der Waals surface area contributed by atoms with Crippen molar-refractivity contribution in [1.29, 1.82) is 0 Å². The number of para-hydroxylation sites is 1. The molecule has 0 saturated carbocycles. The summed E-state index contributed by atoms with van der Waals surface area (Å²) in [7, 11) is 0. The largest absolute Gasteiger partial charge is 0.435 e. The van der Waals surface area contributed by atoms with E-state index in [2.05, 4.69) is 10.1 Å². The highest BCUT2D eigenvalue weighted by molar-refractivity contribution is 7.18. The molecule has 0 unspecified atom stereocenters. The van der Waals surface area contributed by atoms with Gasteiger partial charge in [-0.1, -0.05) is 12.1 Å². The second-order valence-electron chi connectivity index (χ2n) is 6.60. The lowest BCUT2D eigenvalue weighted by Crippen LogP contribution is -2.40. The quantitative estimate of drug-likeness (QED) is 0.677. The number of aromatic nitrogens is 3. The van der Waals surface area contributed by atoms with Gasteiger partial charge in [0.15, 0.2) is 5.69 Å². The fourth-order valence-electron chi connectivity index (χ4n) is 3.31. The van der Waals surface area contributed by atoms with Gasteiger partial charge in [0, 0.05) is 25.2 Å². The van der Waals surface area contributed by atoms with Gasteiger partial charge in [-0.2, -0.15) is 18.3 Å². The maximum Gasteiger partial charge on any atom is 0.435 e. The topological polar surface area (TPSA) is 51.0 Å². The Balaban J connectivity index is 1.44. The van der Waals surface area contributed by atoms with Crippen molar-refractivity contribution in [1.82, 2.24) is 19.7 Å². The van der Waals surface area contributed by atoms with E-state index in [1.54, 1.807) is 16.2 Å². The standard InChI is InChI=1S/C18H17F3N4OS/c19-18(20,21)15-7-9-25(23-15)11-16(26)24-8-3-4-12(10-24)17-22-13-5-1-2-6-14(13)27-17/h1-2,5-7,9,12H,3-4,8,10-11H2/t12-/m1/s1. The van der Waals surface area contributed by atoms with Gasteiger partial charge in [0.05, 0.1) is 15.2 Å². The Morgan fingerprint density at radius 3 is 2.81 bits per heavy atom. The molecule has 4 rings (SSSR count). The lowest BCUT2D eigenvalue weighted by Gasteiger charge is -2.31. The van der Waals surface area contributed by atoms with Crippen LogP contribution in [0.25, 0.3) is 10.2 Å². The van der Waals surface area contributed by atoms with E-state index in [1.165, 1.54) is 6.20 Å². The molecule has 142 valence electrons. The van der Waals surface area contributed by atoms with Crippen LogP contribution in [-0.2, 0) is 17.5 Å². The van der Waals surface area contributed by atoms with E-state index >= 15 is 0 Å². The lowest BCUT2D eigenvalue weighted by atomic mass is 9.98. The Labute approximate surface area is 157 Å². The number of piperidine rings is 1. The molecule has 1 amide bonds. The van der Waals surface area contributed by atoms with Gasteiger partial charge >= 0.3 is 6.18 Å². The van der Waals surface area contributed by atoms with Gasteiger partial charge < -0.3 is 4.90 Å². The summed E-state index contributed by atoms with van der Waals surface area (Å²) in [4.78, 5) is 18.9. The number of nitrogens with zero attached hydrogens (tertiary/aromatic N) is 4. The first-order valence-corrected chi connectivity index (χ1v) is 9.46. The van der Waals surface area contributed by atoms with Gasteiger partial charge in [0.2, 0.25) is 5.91 Å². The smallest absolute Gasteiger partial charge is 0.340 e. The maximum atomic E-state index is 12.6. The molecule has 1 aromatic carbocycles. The number of halogens is 3. The zero-order valence-electron chi connectivity index (χ0n) is 14.3. The van der Waals surface area contributed by atoms with E-state index in [0.29, 0.717) is 13.1 Å². The molecule has 0 aliphatic carbocycles. The highest BCUT2D eigenvalue weighted by Crippen LogP contribution is 2.33. The third-order valence-electron chi connectivity index (χ3n) is 4.66. The molecule has 9 heteroatoms. The number of carbonyl (C=O) groups is 1. The monoisotopic (exact) mass is 394 g/mol. The van der Waals surface area contributed by atoms with Crippen molar-refractivity contribution in [3.05, 3.63) is 47.2 Å². The molecule has 3 heterocycles. The minimum atomic E-state index is -4.50. The molecule has 0 spiro atoms. The molecule has 27 heavy (non-hydrogen) atoms. The van der Waals surface area contributed by atoms with Crippen LogP contribution in [0.4, 0.5) is 13.2 Å². The van der Waals surface area contributed by atoms with Crippen molar-refractivity contribution >= 4 is 27.5 Å². The molecule has 0 radical (unpaired) electrons. The minimum absolute atomic E-state index is 0.156. The van der Waals surface area contributed by atoms with Crippen molar-refractivity contribution < 1.29 is 18.0 Å². The molecule has 0 N–H and O–H groups in total. The average molecular weight is 394 g/mol. The van der Waals surface area contributed by atoms with Crippen LogP contribution < -0.4 is 0 Å². The molecule has 1 saturated heterocycles. The van der Waals surface area contributed by atoms with Gasteiger partial charge in [0.25, 0.3) is 0 Å². The number of thiazole rings is 1. The summed E-state index contributed by atoms with van der Waals surface area (Å²) in [6.07, 6.45) is -1.52. The lowest BCUT2D eigenvalue weighted by molar-refractivity contribution is -0.142. The first-order chi connectivity index (χ1) is 12.9. The summed E-state index contributed by atoms with van der Waals surface area (Å²) in [6.45, 7) is 0.947. The predicted molar refractivity (Wildman–Crippen MR) is 95.4 cm³/mol. The molecule has 3 aromatic rings. The maximum absolute atomic E-state index is 12.6. The molecule has 1 aliphatic heterocycles. The fourth-order valence-corrected chi connectivity index (χ4v) is 4.40. The Kier molecular flexibility index (Phi) is 4.63. The minimum Gasteiger partial charge on any atom is -0.340 e. The van der Waals surface area contributed by atoms with Crippen LogP contribution in [0.15, 0.2) is 36.5 Å². The van der Waals surface area contributed by atoms with E-state index in [0.717, 1.165) is 38.8 Å². The van der Waals surface area contributed by atoms with Crippen LogP contribution in [0, 0.1) is 0 Å². The number of amides is 1. The molecule has 2 aromatic heterocycles. The number of rotatable bonds is 3. The molecule has 0 bridgehead atoms. The van der Waals surface area contributed by atoms with Gasteiger partial charge in [0.1, 0.15) is 6.54 Å². The molecule has 1 aliphatic rings. The van der Waals surface area contributed by atoms with Gasteiger partial charge in [-0.05, 0) is 31.0 Å². The van der Waals surface area contributed by atoms with Crippen molar-refractivity contribution in [3.63, 3.8) is 0 Å². The Hall–Kier alpha value is -2.42. The zero-order valence-corrected chi connectivity index (χ0v) is 15.1. The summed E-state index contributed by atoms with van der Waals surface area (Å²) in [5, 5.41) is 4.46. The van der Waals surface area contributed by atoms with Crippen LogP contribution in [0.2, 0.25) is 0 Å². The van der Waals surface area contributed by atoms with E-state index in [-0.39, 0.29) is 18.4 Å². The first-order valence-electron chi connectivity index (χ1n) is 8.64. The summed E-state index contributed by atoms with van der Waals surface area (Å²) in [5.41, 5.74) is -0.0292. The Bertz CT molecular complexity index is 932. The highest BCUT2D eigenvalue weighted by atomic mass is 32.1. The summed E-state index contributed by atoms with van der Waals surface area (Å²) < 4.78 is 40.1. The Morgan fingerprint density at radius 1 is 1.26 bits per heavy atom. The summed E-state index contributed by atoms with van der Waals surface area (Å²) in [6, 6.07) is 8.80. The number of hydrogen-bond donors (Lipinski definition) is 0. The van der Waals surface area contributed by atoms with Crippen LogP contribution in [0.5, 0.6) is 0 Å². The fraction of sp³-hybridized carbons (Fsp3) is 0.389. The second kappa shape index (κ2) is 6.95. The molecular formula is C18H17F3N4OS. The van der Waals surface area contributed by atoms with E-state index in [1.807, 2.05) is 24.3 Å². The van der Waals surface area contributed by atoms with E-state index in [9.17, 15) is 18.0 Å². The van der Waals surface area contributed by atoms with Crippen LogP contribution >= 0.6 is 11.3 Å². The van der Waals surface area contributed by atoms with Crippen LogP contribution in [0.1, 0.15) is 29.5 Å². The molecular weight excluding hydrogens is 377 g/mol. The number of alkyl halides is 3. The number of carbonyl (C=O) groups excluding carboxylic acids is 1. The van der Waals surface area contributed by atoms with Gasteiger partial charge in [-0.25, -0.2) is 4.98 Å². The SMILES string of the molecule is O=C(Cn1ccc(C(F)(F)F)n1)N1CCC[C@@H](c2nc3ccccc3s2)C1. The molecule has 1 fully saturated rings. The second-order valence-corrected chi connectivity index (χ2v) is 7.66. The third-order valence-corrected chi connectivity index (χ3v) is 5.86. The number of likely N-dealkylation sites (tertiary alicyclic amines) is 1. The summed E-state index contributed by atoms with van der Waals surface area (Å²) >= 11 is 1.64. The van der Waals surface area contributed by atoms with Crippen molar-refractivity contribution in [3.8, 4) is 0 Å². The van der Waals surface area contributed by atoms with Crippen LogP contribution in [0.3, 0.4) is 0 Å². The number of benzene rings is 1. The zero-order chi connectivity index (χ0) is 19.0. The van der Waals surface area contributed by atoms with E-state index < -0.39 is 11.9 Å². The molecule has 5 nitrogen and oxygen atoms in total. The van der Waals surface area contributed by atoms with Gasteiger partial charge in [-0.15, -0.1) is 11.3 Å². The normalized spacial score (nSPS) is 18.2. The average Bonchev–Trinajstić information content (AvgIpc) is 3.28. The van der Waals surface area contributed by atoms with E-state index in [4.69, 9.17) is 0 Å². The molecule has 1 atom stereocenters. The van der Waals surface area contributed by atoms with Crippen molar-refractivity contribution in [2.24, 2.45) is 0 Å². The first kappa shape index (κ1) is 18.0. The highest BCUT2D eigenvalue weighted by Gasteiger charge is 2.34. The Morgan fingerprint density at radius 2 is 2.07 bits per heavy atom. The summed E-state index contributed by atoms with van der Waals surface area (Å²) in [5.74, 6) is -0.0684. The van der Waals surface area contributed by atoms with Crippen molar-refractivity contribution in [2.45, 2.75) is 31.5 Å². The van der Waals surface area contributed by atoms with Crippen LogP contribution in [-0.4, -0.2) is 38.7 Å². The number of fused-ring (bicyclic) bond motifs is 1. The number of hydrogen-bond acceptors (Lipinski definition) is 4. The van der Waals surface area contributed by atoms with Gasteiger partial charge in [-0.3, -0.25) is 9.48 Å².